The Morgan fingerprint density at radius 3 is 2.71 bits per heavy atom. The second-order valence-corrected chi connectivity index (χ2v) is 3.80. The van der Waals surface area contributed by atoms with Crippen LogP contribution in [0, 0.1) is 0 Å². The van der Waals surface area contributed by atoms with Crippen LogP contribution in [-0.2, 0) is 0 Å². The average molecular weight is 245 g/mol. The molecule has 2 aromatic heterocycles. The van der Waals surface area contributed by atoms with Gasteiger partial charge in [0.25, 0.3) is 0 Å². The molecular formula is C11H11N5S. The first kappa shape index (κ1) is 11.4. The first-order valence-electron chi connectivity index (χ1n) is 4.94. The van der Waals surface area contributed by atoms with Crippen molar-refractivity contribution in [3.63, 3.8) is 0 Å². The highest BCUT2D eigenvalue weighted by molar-refractivity contribution is 7.80. The zero-order valence-electron chi connectivity index (χ0n) is 9.24. The van der Waals surface area contributed by atoms with Gasteiger partial charge in [0.2, 0.25) is 0 Å². The number of hydrogen-bond donors (Lipinski definition) is 1. The number of aromatic nitrogens is 3. The van der Waals surface area contributed by atoms with Crippen LogP contribution in [-0.4, -0.2) is 27.0 Å². The molecule has 0 aliphatic rings. The van der Waals surface area contributed by atoms with Gasteiger partial charge in [0.05, 0.1) is 11.9 Å². The van der Waals surface area contributed by atoms with E-state index in [1.165, 1.54) is 0 Å². The number of thiocarbonyl (C=S) groups is 1. The third kappa shape index (κ3) is 2.36. The summed E-state index contributed by atoms with van der Waals surface area (Å²) in [5.41, 5.74) is 7.02. The van der Waals surface area contributed by atoms with Crippen molar-refractivity contribution in [3.05, 3.63) is 42.6 Å². The maximum atomic E-state index is 5.62. The molecule has 2 N–H and O–H groups in total. The third-order valence-electron chi connectivity index (χ3n) is 2.26. The average Bonchev–Trinajstić information content (AvgIpc) is 2.39. The first-order chi connectivity index (χ1) is 8.20. The molecule has 2 heterocycles. The fraction of sp³-hybridized carbons (Fsp3) is 0.0909. The second-order valence-electron chi connectivity index (χ2n) is 3.36. The molecule has 2 rings (SSSR count). The fourth-order valence-electron chi connectivity index (χ4n) is 1.42. The normalized spacial score (nSPS) is 9.94. The maximum Gasteiger partial charge on any atom is 0.161 e. The van der Waals surface area contributed by atoms with Crippen LogP contribution in [0.2, 0.25) is 0 Å². The Balaban J connectivity index is 2.44. The minimum Gasteiger partial charge on any atom is -0.388 e. The molecular weight excluding hydrogens is 234 g/mol. The number of hydrogen-bond acceptors (Lipinski definition) is 5. The van der Waals surface area contributed by atoms with Gasteiger partial charge in [-0.15, -0.1) is 0 Å². The summed E-state index contributed by atoms with van der Waals surface area (Å²) in [6, 6.07) is 3.77. The lowest BCUT2D eigenvalue weighted by atomic mass is 10.3. The molecule has 0 saturated carbocycles. The smallest absolute Gasteiger partial charge is 0.161 e. The van der Waals surface area contributed by atoms with E-state index in [4.69, 9.17) is 18.0 Å². The van der Waals surface area contributed by atoms with Gasteiger partial charge >= 0.3 is 0 Å². The Labute approximate surface area is 104 Å². The van der Waals surface area contributed by atoms with E-state index in [2.05, 4.69) is 15.0 Å². The molecule has 0 aromatic carbocycles. The topological polar surface area (TPSA) is 67.9 Å². The summed E-state index contributed by atoms with van der Waals surface area (Å²) in [7, 11) is 1.86. The molecule has 0 radical (unpaired) electrons. The van der Waals surface area contributed by atoms with Crippen LogP contribution in [0.5, 0.6) is 0 Å². The number of anilines is 2. The van der Waals surface area contributed by atoms with E-state index in [-0.39, 0.29) is 4.99 Å². The van der Waals surface area contributed by atoms with Gasteiger partial charge < -0.3 is 10.6 Å². The summed E-state index contributed by atoms with van der Waals surface area (Å²) in [6.45, 7) is 0. The highest BCUT2D eigenvalue weighted by Crippen LogP contribution is 2.22. The van der Waals surface area contributed by atoms with Crippen molar-refractivity contribution in [2.24, 2.45) is 5.73 Å². The minimum absolute atomic E-state index is 0.226. The van der Waals surface area contributed by atoms with Crippen LogP contribution < -0.4 is 10.6 Å². The molecule has 2 aromatic rings. The van der Waals surface area contributed by atoms with Crippen LogP contribution in [0.4, 0.5) is 11.5 Å². The number of nitrogens with two attached hydrogens (primary N) is 1. The van der Waals surface area contributed by atoms with Gasteiger partial charge in [-0.3, -0.25) is 4.98 Å². The van der Waals surface area contributed by atoms with Gasteiger partial charge in [-0.1, -0.05) is 12.2 Å². The van der Waals surface area contributed by atoms with Gasteiger partial charge in [-0.25, -0.2) is 9.97 Å². The molecule has 0 aliphatic carbocycles. The van der Waals surface area contributed by atoms with E-state index in [1.54, 1.807) is 24.8 Å². The van der Waals surface area contributed by atoms with E-state index in [0.717, 1.165) is 5.69 Å². The van der Waals surface area contributed by atoms with E-state index < -0.39 is 0 Å². The standard InChI is InChI=1S/C11H11N5S/c1-16(8-3-2-4-13-7-8)11-9(10(12)17)14-5-6-15-11/h2-7H,1H3,(H2,12,17). The Hall–Kier alpha value is -2.08. The van der Waals surface area contributed by atoms with Crippen molar-refractivity contribution < 1.29 is 0 Å². The lowest BCUT2D eigenvalue weighted by molar-refractivity contribution is 1.07. The molecule has 6 heteroatoms. The monoisotopic (exact) mass is 245 g/mol. The van der Waals surface area contributed by atoms with Crippen molar-refractivity contribution in [1.29, 1.82) is 0 Å². The van der Waals surface area contributed by atoms with Gasteiger partial charge in [0.1, 0.15) is 10.7 Å². The van der Waals surface area contributed by atoms with Crippen molar-refractivity contribution >= 4 is 28.7 Å². The van der Waals surface area contributed by atoms with Crippen LogP contribution in [0.1, 0.15) is 5.69 Å². The molecule has 0 aliphatic heterocycles. The van der Waals surface area contributed by atoms with Crippen LogP contribution >= 0.6 is 12.2 Å². The first-order valence-corrected chi connectivity index (χ1v) is 5.35. The van der Waals surface area contributed by atoms with Gasteiger partial charge in [-0.2, -0.15) is 0 Å². The van der Waals surface area contributed by atoms with Gasteiger partial charge in [0.15, 0.2) is 5.82 Å². The highest BCUT2D eigenvalue weighted by atomic mass is 32.1. The summed E-state index contributed by atoms with van der Waals surface area (Å²) in [5, 5.41) is 0. The molecule has 0 atom stereocenters. The number of nitrogens with zero attached hydrogens (tertiary/aromatic N) is 4. The summed E-state index contributed by atoms with van der Waals surface area (Å²) in [6.07, 6.45) is 6.61. The SMILES string of the molecule is CN(c1cccnc1)c1nccnc1C(N)=S. The molecule has 0 spiro atoms. The van der Waals surface area contributed by atoms with E-state index in [9.17, 15) is 0 Å². The van der Waals surface area contributed by atoms with Crippen molar-refractivity contribution in [1.82, 2.24) is 15.0 Å². The van der Waals surface area contributed by atoms with Crippen molar-refractivity contribution in [3.8, 4) is 0 Å². The largest absolute Gasteiger partial charge is 0.388 e. The molecule has 0 saturated heterocycles. The highest BCUT2D eigenvalue weighted by Gasteiger charge is 2.13. The number of pyridine rings is 1. The lowest BCUT2D eigenvalue weighted by Gasteiger charge is -2.19. The van der Waals surface area contributed by atoms with Gasteiger partial charge in [-0.05, 0) is 12.1 Å². The van der Waals surface area contributed by atoms with Crippen molar-refractivity contribution in [2.75, 3.05) is 11.9 Å². The van der Waals surface area contributed by atoms with Gasteiger partial charge in [0, 0.05) is 25.6 Å². The molecule has 86 valence electrons. The van der Waals surface area contributed by atoms with E-state index in [1.807, 2.05) is 24.1 Å². The van der Waals surface area contributed by atoms with Crippen LogP contribution in [0.25, 0.3) is 0 Å². The van der Waals surface area contributed by atoms with E-state index >= 15 is 0 Å². The molecule has 0 bridgehead atoms. The summed E-state index contributed by atoms with van der Waals surface area (Å²) in [4.78, 5) is 14.5. The summed E-state index contributed by atoms with van der Waals surface area (Å²) >= 11 is 4.95. The second kappa shape index (κ2) is 4.84. The minimum atomic E-state index is 0.226. The molecule has 0 unspecified atom stereocenters. The Morgan fingerprint density at radius 1 is 1.29 bits per heavy atom. The fourth-order valence-corrected chi connectivity index (χ4v) is 1.57. The third-order valence-corrected chi connectivity index (χ3v) is 2.46. The van der Waals surface area contributed by atoms with E-state index in [0.29, 0.717) is 11.5 Å². The Morgan fingerprint density at radius 2 is 2.06 bits per heavy atom. The molecule has 5 nitrogen and oxygen atoms in total. The lowest BCUT2D eigenvalue weighted by Crippen LogP contribution is -2.20. The van der Waals surface area contributed by atoms with Crippen LogP contribution in [0.3, 0.4) is 0 Å². The summed E-state index contributed by atoms with van der Waals surface area (Å²) < 4.78 is 0. The predicted molar refractivity (Wildman–Crippen MR) is 70.2 cm³/mol. The number of rotatable bonds is 3. The molecule has 0 fully saturated rings. The Bertz CT molecular complexity index is 528. The molecule has 17 heavy (non-hydrogen) atoms. The quantitative estimate of drug-likeness (QED) is 0.821. The zero-order valence-corrected chi connectivity index (χ0v) is 10.1. The molecule has 0 amide bonds. The van der Waals surface area contributed by atoms with Crippen molar-refractivity contribution in [2.45, 2.75) is 0 Å². The predicted octanol–water partition coefficient (Wildman–Crippen LogP) is 1.27. The Kier molecular flexibility index (Phi) is 3.24. The van der Waals surface area contributed by atoms with Crippen LogP contribution in [0.15, 0.2) is 36.9 Å². The summed E-state index contributed by atoms with van der Waals surface area (Å²) in [5.74, 6) is 0.619. The zero-order chi connectivity index (χ0) is 12.3. The maximum absolute atomic E-state index is 5.62.